The van der Waals surface area contributed by atoms with Gasteiger partial charge in [0.15, 0.2) is 0 Å². The molecule has 0 saturated carbocycles. The Morgan fingerprint density at radius 1 is 1.00 bits per heavy atom. The van der Waals surface area contributed by atoms with Gasteiger partial charge in [-0.05, 0) is 37.4 Å². The molecule has 1 fully saturated rings. The molecule has 1 heterocycles. The third-order valence-electron chi connectivity index (χ3n) is 5.19. The molecule has 0 atom stereocenters. The van der Waals surface area contributed by atoms with Crippen molar-refractivity contribution in [2.75, 3.05) is 38.0 Å². The fraction of sp³-hybridized carbons (Fsp3) is 0.619. The zero-order valence-corrected chi connectivity index (χ0v) is 17.1. The molecule has 1 N–H and O–H groups in total. The van der Waals surface area contributed by atoms with E-state index < -0.39 is 5.41 Å². The van der Waals surface area contributed by atoms with Crippen molar-refractivity contribution in [1.29, 1.82) is 0 Å². The Morgan fingerprint density at radius 2 is 1.58 bits per heavy atom. The quantitative estimate of drug-likeness (QED) is 0.841. The number of nitrogens with zero attached hydrogens (tertiary/aromatic N) is 2. The van der Waals surface area contributed by atoms with Crippen LogP contribution < -0.4 is 5.32 Å². The van der Waals surface area contributed by atoms with E-state index >= 15 is 0 Å². The number of anilines is 1. The number of rotatable bonds is 4. The van der Waals surface area contributed by atoms with Crippen molar-refractivity contribution in [1.82, 2.24) is 9.80 Å². The summed E-state index contributed by atoms with van der Waals surface area (Å²) in [4.78, 5) is 30.1. The average Bonchev–Trinajstić information content (AvgIpc) is 2.60. The van der Waals surface area contributed by atoms with Gasteiger partial charge in [-0.2, -0.15) is 0 Å². The monoisotopic (exact) mass is 359 g/mol. The van der Waals surface area contributed by atoms with E-state index in [9.17, 15) is 9.59 Å². The maximum Gasteiger partial charge on any atom is 0.239 e. The van der Waals surface area contributed by atoms with Crippen LogP contribution in [-0.4, -0.2) is 54.3 Å². The predicted octanol–water partition coefficient (Wildman–Crippen LogP) is 3.11. The fourth-order valence-electron chi connectivity index (χ4n) is 3.28. The van der Waals surface area contributed by atoms with Crippen LogP contribution in [-0.2, 0) is 15.0 Å². The Bertz CT molecular complexity index is 653. The van der Waals surface area contributed by atoms with Gasteiger partial charge in [-0.25, -0.2) is 0 Å². The summed E-state index contributed by atoms with van der Waals surface area (Å²) in [6.45, 7) is 16.0. The second kappa shape index (κ2) is 7.78. The van der Waals surface area contributed by atoms with E-state index in [1.54, 1.807) is 13.8 Å². The van der Waals surface area contributed by atoms with Crippen LogP contribution in [0.25, 0.3) is 0 Å². The van der Waals surface area contributed by atoms with Crippen molar-refractivity contribution in [3.63, 3.8) is 0 Å². The molecule has 2 amide bonds. The summed E-state index contributed by atoms with van der Waals surface area (Å²) in [6.07, 6.45) is 0. The summed E-state index contributed by atoms with van der Waals surface area (Å²) in [5.41, 5.74) is 0.656. The molecular weight excluding hydrogens is 326 g/mol. The molecule has 0 aliphatic carbocycles. The van der Waals surface area contributed by atoms with E-state index in [1.165, 1.54) is 0 Å². The zero-order chi connectivity index (χ0) is 19.5. The molecule has 1 aliphatic rings. The van der Waals surface area contributed by atoms with Crippen LogP contribution in [0.4, 0.5) is 5.69 Å². The summed E-state index contributed by atoms with van der Waals surface area (Å²) in [5, 5.41) is 3.00. The minimum atomic E-state index is -1.10. The first-order chi connectivity index (χ1) is 12.1. The van der Waals surface area contributed by atoms with Crippen molar-refractivity contribution < 1.29 is 9.59 Å². The Kier molecular flexibility index (Phi) is 6.12. The molecular formula is C21H33N3O2. The average molecular weight is 360 g/mol. The summed E-state index contributed by atoms with van der Waals surface area (Å²) in [6, 6.07) is 7.80. The van der Waals surface area contributed by atoms with Crippen molar-refractivity contribution in [3.05, 3.63) is 29.8 Å². The molecule has 0 unspecified atom stereocenters. The third kappa shape index (κ3) is 4.44. The zero-order valence-electron chi connectivity index (χ0n) is 17.1. The summed E-state index contributed by atoms with van der Waals surface area (Å²) >= 11 is 0. The standard InChI is InChI=1S/C21H33N3O2/c1-7-23-12-14-24(15-13-23)19(26)21(5,6)18(25)22-17-11-9-8-10-16(17)20(2,3)4/h8-11H,7,12-15H2,1-6H3,(H,22,25). The highest BCUT2D eigenvalue weighted by Crippen LogP contribution is 2.31. The van der Waals surface area contributed by atoms with E-state index in [4.69, 9.17) is 0 Å². The lowest BCUT2D eigenvalue weighted by Crippen LogP contribution is -2.54. The topological polar surface area (TPSA) is 52.7 Å². The normalized spacial score (nSPS) is 16.5. The van der Waals surface area contributed by atoms with Gasteiger partial charge in [0.2, 0.25) is 11.8 Å². The smallest absolute Gasteiger partial charge is 0.239 e. The number of benzene rings is 1. The molecule has 1 saturated heterocycles. The van der Waals surface area contributed by atoms with Crippen molar-refractivity contribution in [2.45, 2.75) is 47.0 Å². The first kappa shape index (κ1) is 20.4. The molecule has 0 radical (unpaired) electrons. The molecule has 144 valence electrons. The third-order valence-corrected chi connectivity index (χ3v) is 5.19. The van der Waals surface area contributed by atoms with Crippen LogP contribution in [0.5, 0.6) is 0 Å². The highest BCUT2D eigenvalue weighted by molar-refractivity contribution is 6.10. The number of carbonyl (C=O) groups excluding carboxylic acids is 2. The lowest BCUT2D eigenvalue weighted by Gasteiger charge is -2.37. The van der Waals surface area contributed by atoms with Crippen molar-refractivity contribution >= 4 is 17.5 Å². The van der Waals surface area contributed by atoms with Crippen LogP contribution in [0, 0.1) is 5.41 Å². The number of hydrogen-bond acceptors (Lipinski definition) is 3. The number of hydrogen-bond donors (Lipinski definition) is 1. The predicted molar refractivity (Wildman–Crippen MR) is 106 cm³/mol. The van der Waals surface area contributed by atoms with Gasteiger partial charge < -0.3 is 15.1 Å². The Labute approximate surface area is 157 Å². The minimum Gasteiger partial charge on any atom is -0.339 e. The van der Waals surface area contributed by atoms with E-state index in [0.717, 1.165) is 30.9 Å². The number of amides is 2. The molecule has 0 aromatic heterocycles. The van der Waals surface area contributed by atoms with Gasteiger partial charge in [0.25, 0.3) is 0 Å². The highest BCUT2D eigenvalue weighted by atomic mass is 16.2. The van der Waals surface area contributed by atoms with E-state index in [1.807, 2.05) is 29.2 Å². The molecule has 1 aromatic carbocycles. The van der Waals surface area contributed by atoms with Crippen LogP contribution in [0.3, 0.4) is 0 Å². The number of likely N-dealkylation sites (N-methyl/N-ethyl adjacent to an activating group) is 1. The first-order valence-electron chi connectivity index (χ1n) is 9.50. The maximum atomic E-state index is 13.0. The lowest BCUT2D eigenvalue weighted by molar-refractivity contribution is -0.147. The van der Waals surface area contributed by atoms with Crippen LogP contribution in [0.1, 0.15) is 47.1 Å². The van der Waals surface area contributed by atoms with Gasteiger partial charge in [-0.1, -0.05) is 45.9 Å². The first-order valence-corrected chi connectivity index (χ1v) is 9.50. The Hall–Kier alpha value is -1.88. The largest absolute Gasteiger partial charge is 0.339 e. The highest BCUT2D eigenvalue weighted by Gasteiger charge is 2.40. The second-order valence-electron chi connectivity index (χ2n) is 8.60. The molecule has 2 rings (SSSR count). The summed E-state index contributed by atoms with van der Waals surface area (Å²) in [5.74, 6) is -0.351. The second-order valence-corrected chi connectivity index (χ2v) is 8.60. The van der Waals surface area contributed by atoms with E-state index in [-0.39, 0.29) is 17.2 Å². The molecule has 5 heteroatoms. The summed E-state index contributed by atoms with van der Waals surface area (Å²) < 4.78 is 0. The summed E-state index contributed by atoms with van der Waals surface area (Å²) in [7, 11) is 0. The van der Waals surface area contributed by atoms with Gasteiger partial charge in [-0.3, -0.25) is 9.59 Å². The SMILES string of the molecule is CCN1CCN(C(=O)C(C)(C)C(=O)Nc2ccccc2C(C)(C)C)CC1. The number of para-hydroxylation sites is 1. The fourth-order valence-corrected chi connectivity index (χ4v) is 3.28. The van der Waals surface area contributed by atoms with Gasteiger partial charge >= 0.3 is 0 Å². The Morgan fingerprint density at radius 3 is 2.12 bits per heavy atom. The number of carbonyl (C=O) groups is 2. The van der Waals surface area contributed by atoms with Crippen LogP contribution >= 0.6 is 0 Å². The van der Waals surface area contributed by atoms with Gasteiger partial charge in [0.05, 0.1) is 0 Å². The maximum absolute atomic E-state index is 13.0. The number of piperazine rings is 1. The van der Waals surface area contributed by atoms with Crippen LogP contribution in [0.15, 0.2) is 24.3 Å². The molecule has 1 aliphatic heterocycles. The van der Waals surface area contributed by atoms with E-state index in [0.29, 0.717) is 13.1 Å². The van der Waals surface area contributed by atoms with Gasteiger partial charge in [0, 0.05) is 31.9 Å². The van der Waals surface area contributed by atoms with E-state index in [2.05, 4.69) is 37.9 Å². The van der Waals surface area contributed by atoms with Crippen molar-refractivity contribution in [3.8, 4) is 0 Å². The van der Waals surface area contributed by atoms with Crippen LogP contribution in [0.2, 0.25) is 0 Å². The minimum absolute atomic E-state index is 0.0888. The lowest BCUT2D eigenvalue weighted by atomic mass is 9.85. The molecule has 5 nitrogen and oxygen atoms in total. The number of nitrogens with one attached hydrogen (secondary N) is 1. The van der Waals surface area contributed by atoms with Gasteiger partial charge in [0.1, 0.15) is 5.41 Å². The molecule has 26 heavy (non-hydrogen) atoms. The van der Waals surface area contributed by atoms with Crippen molar-refractivity contribution in [2.24, 2.45) is 5.41 Å². The molecule has 1 aromatic rings. The molecule has 0 bridgehead atoms. The van der Waals surface area contributed by atoms with Gasteiger partial charge in [-0.15, -0.1) is 0 Å². The molecule has 0 spiro atoms. The Balaban J connectivity index is 2.12.